The Morgan fingerprint density at radius 3 is 2.64 bits per heavy atom. The second-order valence-corrected chi connectivity index (χ2v) is 8.20. The van der Waals surface area contributed by atoms with Gasteiger partial charge in [0.1, 0.15) is 0 Å². The molecule has 1 N–H and O–H groups in total. The molecule has 0 aromatic carbocycles. The Morgan fingerprint density at radius 1 is 1.25 bits per heavy atom. The number of aryl methyl sites for hydroxylation is 2. The highest BCUT2D eigenvalue weighted by molar-refractivity contribution is 7.10. The standard InChI is InChI=1S/C19H25N5O3S/c1-12(2)15(13-7-6-10-28-13)21-14(25)8-5-9-24-11-20-17-16(24)18(26)23(4)19(27)22(17)3/h6-7,10-12,15H,5,8-9H2,1-4H3,(H,21,25). The minimum absolute atomic E-state index is 0.00314. The van der Waals surface area contributed by atoms with E-state index >= 15 is 0 Å². The zero-order chi connectivity index (χ0) is 20.4. The lowest BCUT2D eigenvalue weighted by Crippen LogP contribution is -2.37. The molecule has 150 valence electrons. The van der Waals surface area contributed by atoms with E-state index in [1.165, 1.54) is 11.6 Å². The van der Waals surface area contributed by atoms with E-state index in [1.54, 1.807) is 29.3 Å². The maximum absolute atomic E-state index is 12.4. The maximum atomic E-state index is 12.4. The van der Waals surface area contributed by atoms with Crippen LogP contribution in [0.25, 0.3) is 11.2 Å². The van der Waals surface area contributed by atoms with Crippen LogP contribution in [0.3, 0.4) is 0 Å². The zero-order valence-electron chi connectivity index (χ0n) is 16.5. The molecular formula is C19H25N5O3S. The lowest BCUT2D eigenvalue weighted by atomic mass is 10.0. The number of hydrogen-bond donors (Lipinski definition) is 1. The molecule has 0 bridgehead atoms. The van der Waals surface area contributed by atoms with Gasteiger partial charge in [0, 0.05) is 31.9 Å². The third kappa shape index (κ3) is 3.80. The van der Waals surface area contributed by atoms with Crippen LogP contribution >= 0.6 is 11.3 Å². The molecular weight excluding hydrogens is 378 g/mol. The van der Waals surface area contributed by atoms with Gasteiger partial charge in [0.25, 0.3) is 5.56 Å². The van der Waals surface area contributed by atoms with E-state index in [0.717, 1.165) is 9.44 Å². The molecule has 0 spiro atoms. The lowest BCUT2D eigenvalue weighted by Gasteiger charge is -2.21. The van der Waals surface area contributed by atoms with Crippen molar-refractivity contribution in [2.24, 2.45) is 20.0 Å². The number of aromatic nitrogens is 4. The van der Waals surface area contributed by atoms with Gasteiger partial charge in [-0.2, -0.15) is 0 Å². The fourth-order valence-corrected chi connectivity index (χ4v) is 4.21. The van der Waals surface area contributed by atoms with Crippen LogP contribution in [0.1, 0.15) is 37.6 Å². The Kier molecular flexibility index (Phi) is 5.83. The molecule has 1 amide bonds. The van der Waals surface area contributed by atoms with Crippen LogP contribution in [0.2, 0.25) is 0 Å². The summed E-state index contributed by atoms with van der Waals surface area (Å²) in [7, 11) is 3.04. The van der Waals surface area contributed by atoms with Crippen LogP contribution < -0.4 is 16.6 Å². The SMILES string of the molecule is CC(C)C(NC(=O)CCCn1cnc2c1c(=O)n(C)c(=O)n2C)c1cccs1. The monoisotopic (exact) mass is 403 g/mol. The van der Waals surface area contributed by atoms with Crippen molar-refractivity contribution in [3.05, 3.63) is 49.6 Å². The molecule has 0 saturated carbocycles. The number of carbonyl (C=O) groups is 1. The Balaban J connectivity index is 1.68. The van der Waals surface area contributed by atoms with Gasteiger partial charge >= 0.3 is 5.69 Å². The van der Waals surface area contributed by atoms with Crippen molar-refractivity contribution in [1.82, 2.24) is 24.0 Å². The summed E-state index contributed by atoms with van der Waals surface area (Å²) in [5.41, 5.74) is -0.0492. The largest absolute Gasteiger partial charge is 0.348 e. The Bertz CT molecular complexity index is 1090. The number of nitrogens with zero attached hydrogens (tertiary/aromatic N) is 4. The Morgan fingerprint density at radius 2 is 2.00 bits per heavy atom. The number of rotatable bonds is 7. The quantitative estimate of drug-likeness (QED) is 0.651. The molecule has 3 rings (SSSR count). The van der Waals surface area contributed by atoms with Gasteiger partial charge in [-0.25, -0.2) is 9.78 Å². The van der Waals surface area contributed by atoms with Crippen molar-refractivity contribution in [1.29, 1.82) is 0 Å². The molecule has 28 heavy (non-hydrogen) atoms. The first-order valence-corrected chi connectivity index (χ1v) is 10.1. The predicted molar refractivity (Wildman–Crippen MR) is 109 cm³/mol. The van der Waals surface area contributed by atoms with Crippen LogP contribution in [0.15, 0.2) is 33.4 Å². The van der Waals surface area contributed by atoms with Crippen molar-refractivity contribution in [3.63, 3.8) is 0 Å². The molecule has 0 aliphatic rings. The van der Waals surface area contributed by atoms with E-state index in [1.807, 2.05) is 17.5 Å². The summed E-state index contributed by atoms with van der Waals surface area (Å²) in [5, 5.41) is 5.12. The van der Waals surface area contributed by atoms with Crippen molar-refractivity contribution in [2.45, 2.75) is 39.3 Å². The highest BCUT2D eigenvalue weighted by Crippen LogP contribution is 2.25. The summed E-state index contributed by atoms with van der Waals surface area (Å²) in [5.74, 6) is 0.279. The molecule has 1 atom stereocenters. The van der Waals surface area contributed by atoms with E-state index in [-0.39, 0.29) is 17.5 Å². The highest BCUT2D eigenvalue weighted by Gasteiger charge is 2.19. The van der Waals surface area contributed by atoms with Crippen LogP contribution in [0.5, 0.6) is 0 Å². The molecule has 3 aromatic rings. The van der Waals surface area contributed by atoms with Crippen molar-refractivity contribution in [2.75, 3.05) is 0 Å². The first-order valence-electron chi connectivity index (χ1n) is 9.25. The first kappa shape index (κ1) is 20.1. The summed E-state index contributed by atoms with van der Waals surface area (Å²) < 4.78 is 4.14. The summed E-state index contributed by atoms with van der Waals surface area (Å²) in [6, 6.07) is 4.02. The minimum Gasteiger partial charge on any atom is -0.348 e. The second-order valence-electron chi connectivity index (χ2n) is 7.22. The molecule has 0 aliphatic carbocycles. The number of imidazole rings is 1. The normalized spacial score (nSPS) is 12.6. The van der Waals surface area contributed by atoms with Crippen LogP contribution in [0.4, 0.5) is 0 Å². The van der Waals surface area contributed by atoms with Gasteiger partial charge in [0.05, 0.1) is 12.4 Å². The number of nitrogens with one attached hydrogen (secondary N) is 1. The molecule has 0 fully saturated rings. The molecule has 3 heterocycles. The summed E-state index contributed by atoms with van der Waals surface area (Å²) in [6.07, 6.45) is 2.46. The highest BCUT2D eigenvalue weighted by atomic mass is 32.1. The summed E-state index contributed by atoms with van der Waals surface area (Å²) in [4.78, 5) is 42.2. The zero-order valence-corrected chi connectivity index (χ0v) is 17.3. The Labute approximate surface area is 166 Å². The molecule has 1 unspecified atom stereocenters. The molecule has 0 saturated heterocycles. The summed E-state index contributed by atoms with van der Waals surface area (Å²) in [6.45, 7) is 4.65. The van der Waals surface area contributed by atoms with E-state index in [9.17, 15) is 14.4 Å². The van der Waals surface area contributed by atoms with Crippen LogP contribution in [-0.4, -0.2) is 24.6 Å². The Hall–Kier alpha value is -2.68. The average Bonchev–Trinajstić information content (AvgIpc) is 3.32. The lowest BCUT2D eigenvalue weighted by molar-refractivity contribution is -0.122. The maximum Gasteiger partial charge on any atom is 0.332 e. The van der Waals surface area contributed by atoms with E-state index in [0.29, 0.717) is 36.5 Å². The van der Waals surface area contributed by atoms with Gasteiger partial charge in [-0.3, -0.25) is 18.7 Å². The molecule has 9 heteroatoms. The fraction of sp³-hybridized carbons (Fsp3) is 0.474. The minimum atomic E-state index is -0.407. The molecule has 8 nitrogen and oxygen atoms in total. The molecule has 3 aromatic heterocycles. The van der Waals surface area contributed by atoms with Gasteiger partial charge in [0.15, 0.2) is 11.2 Å². The molecule has 0 aliphatic heterocycles. The molecule has 0 radical (unpaired) electrons. The topological polar surface area (TPSA) is 90.9 Å². The van der Waals surface area contributed by atoms with E-state index in [4.69, 9.17) is 0 Å². The average molecular weight is 404 g/mol. The van der Waals surface area contributed by atoms with Crippen molar-refractivity contribution < 1.29 is 4.79 Å². The van der Waals surface area contributed by atoms with Gasteiger partial charge in [0.2, 0.25) is 5.91 Å². The van der Waals surface area contributed by atoms with E-state index < -0.39 is 5.69 Å². The van der Waals surface area contributed by atoms with Gasteiger partial charge in [-0.1, -0.05) is 19.9 Å². The van der Waals surface area contributed by atoms with Gasteiger partial charge in [-0.15, -0.1) is 11.3 Å². The number of carbonyl (C=O) groups excluding carboxylic acids is 1. The number of amides is 1. The fourth-order valence-electron chi connectivity index (χ4n) is 3.26. The predicted octanol–water partition coefficient (Wildman–Crippen LogP) is 1.79. The van der Waals surface area contributed by atoms with E-state index in [2.05, 4.69) is 24.1 Å². The smallest absolute Gasteiger partial charge is 0.332 e. The first-order chi connectivity index (χ1) is 13.3. The number of fused-ring (bicyclic) bond motifs is 1. The van der Waals surface area contributed by atoms with Crippen molar-refractivity contribution >= 4 is 28.4 Å². The van der Waals surface area contributed by atoms with Gasteiger partial charge in [-0.05, 0) is 23.8 Å². The van der Waals surface area contributed by atoms with Crippen LogP contribution in [-0.2, 0) is 25.4 Å². The second kappa shape index (κ2) is 8.14. The van der Waals surface area contributed by atoms with Gasteiger partial charge < -0.3 is 9.88 Å². The number of hydrogen-bond acceptors (Lipinski definition) is 5. The number of thiophene rings is 1. The van der Waals surface area contributed by atoms with Crippen LogP contribution in [0, 0.1) is 5.92 Å². The third-order valence-electron chi connectivity index (χ3n) is 4.85. The van der Waals surface area contributed by atoms with Crippen molar-refractivity contribution in [3.8, 4) is 0 Å². The summed E-state index contributed by atoms with van der Waals surface area (Å²) >= 11 is 1.64. The third-order valence-corrected chi connectivity index (χ3v) is 5.81.